The Morgan fingerprint density at radius 1 is 0.485 bits per heavy atom. The van der Waals surface area contributed by atoms with Crippen molar-refractivity contribution >= 4 is 5.78 Å². The van der Waals surface area contributed by atoms with Gasteiger partial charge in [0.25, 0.3) is 0 Å². The van der Waals surface area contributed by atoms with E-state index in [-0.39, 0.29) is 29.7 Å². The number of benzene rings is 4. The fraction of sp³-hybridized carbons (Fsp3) is 0.194. The standard InChI is InChI=1S/C31H29NO/c1-21-13-17-25(18-14-21)29-27(23-9-5-3-6-10-23)31(33)28(24-11-7-4-8-12-24)30(32-29)26-19-15-22(2)16-20-26/h3-20,27-30,32H,1-2H3/t27-,28+,29-,30+. The van der Waals surface area contributed by atoms with Gasteiger partial charge in [-0.1, -0.05) is 120 Å². The second-order valence-corrected chi connectivity index (χ2v) is 9.12. The van der Waals surface area contributed by atoms with Crippen LogP contribution in [-0.4, -0.2) is 5.78 Å². The highest BCUT2D eigenvalue weighted by Gasteiger charge is 2.45. The zero-order chi connectivity index (χ0) is 22.8. The third-order valence-corrected chi connectivity index (χ3v) is 6.83. The molecule has 0 radical (unpaired) electrons. The minimum absolute atomic E-state index is 0.105. The summed E-state index contributed by atoms with van der Waals surface area (Å²) in [5, 5.41) is 3.93. The summed E-state index contributed by atoms with van der Waals surface area (Å²) in [4.78, 5) is 14.4. The van der Waals surface area contributed by atoms with Crippen LogP contribution in [0.15, 0.2) is 109 Å². The van der Waals surface area contributed by atoms with E-state index >= 15 is 0 Å². The summed E-state index contributed by atoms with van der Waals surface area (Å²) in [6, 6.07) is 37.4. The molecular weight excluding hydrogens is 402 g/mol. The third-order valence-electron chi connectivity index (χ3n) is 6.83. The van der Waals surface area contributed by atoms with Gasteiger partial charge in [0.05, 0.1) is 11.8 Å². The van der Waals surface area contributed by atoms with Gasteiger partial charge in [-0.15, -0.1) is 0 Å². The van der Waals surface area contributed by atoms with Crippen LogP contribution in [-0.2, 0) is 4.79 Å². The van der Waals surface area contributed by atoms with Crippen molar-refractivity contribution in [2.45, 2.75) is 37.8 Å². The predicted octanol–water partition coefficient (Wildman–Crippen LogP) is 6.83. The van der Waals surface area contributed by atoms with Crippen LogP contribution in [0, 0.1) is 13.8 Å². The van der Waals surface area contributed by atoms with Gasteiger partial charge in [-0.3, -0.25) is 4.79 Å². The normalized spacial score (nSPS) is 22.8. The van der Waals surface area contributed by atoms with Crippen molar-refractivity contribution in [3.8, 4) is 0 Å². The number of piperidine rings is 1. The molecule has 0 amide bonds. The Hall–Kier alpha value is -3.49. The molecule has 0 bridgehead atoms. The maximum atomic E-state index is 14.4. The van der Waals surface area contributed by atoms with Crippen LogP contribution in [0.3, 0.4) is 0 Å². The summed E-state index contributed by atoms with van der Waals surface area (Å²) in [6.45, 7) is 4.19. The summed E-state index contributed by atoms with van der Waals surface area (Å²) in [5.74, 6) is -0.260. The van der Waals surface area contributed by atoms with Crippen molar-refractivity contribution in [3.63, 3.8) is 0 Å². The molecule has 0 aromatic heterocycles. The monoisotopic (exact) mass is 431 g/mol. The lowest BCUT2D eigenvalue weighted by atomic mass is 9.70. The molecule has 1 aliphatic heterocycles. The number of carbonyl (C=O) groups excluding carboxylic acids is 1. The second kappa shape index (κ2) is 9.17. The molecular formula is C31H29NO. The molecule has 0 unspecified atom stereocenters. The molecule has 2 nitrogen and oxygen atoms in total. The minimum atomic E-state index is -0.263. The molecule has 4 aromatic rings. The van der Waals surface area contributed by atoms with Crippen LogP contribution < -0.4 is 5.32 Å². The van der Waals surface area contributed by atoms with Crippen LogP contribution in [0.1, 0.15) is 57.3 Å². The van der Waals surface area contributed by atoms with E-state index in [0.717, 1.165) is 22.3 Å². The highest BCUT2D eigenvalue weighted by molar-refractivity contribution is 5.94. The molecule has 5 rings (SSSR count). The van der Waals surface area contributed by atoms with Crippen molar-refractivity contribution in [3.05, 3.63) is 143 Å². The molecule has 1 saturated heterocycles. The van der Waals surface area contributed by atoms with Gasteiger partial charge in [0.15, 0.2) is 5.78 Å². The van der Waals surface area contributed by atoms with Crippen molar-refractivity contribution in [2.75, 3.05) is 0 Å². The third kappa shape index (κ3) is 4.27. The molecule has 1 aliphatic rings. The van der Waals surface area contributed by atoms with Gasteiger partial charge in [-0.2, -0.15) is 0 Å². The number of carbonyl (C=O) groups is 1. The van der Waals surface area contributed by atoms with E-state index in [1.165, 1.54) is 11.1 Å². The summed E-state index contributed by atoms with van der Waals surface area (Å²) < 4.78 is 0. The van der Waals surface area contributed by atoms with Gasteiger partial charge in [0.1, 0.15) is 0 Å². The number of ketones is 1. The largest absolute Gasteiger partial charge is 0.301 e. The SMILES string of the molecule is Cc1ccc([C@H]2N[C@@H](c3ccc(C)cc3)[C@H](c3ccccc3)C(=O)[C@@H]2c2ccccc2)cc1. The predicted molar refractivity (Wildman–Crippen MR) is 134 cm³/mol. The summed E-state index contributed by atoms with van der Waals surface area (Å²) in [5.41, 5.74) is 6.84. The van der Waals surface area contributed by atoms with Gasteiger partial charge in [0, 0.05) is 12.1 Å². The lowest BCUT2D eigenvalue weighted by molar-refractivity contribution is -0.125. The number of nitrogens with one attached hydrogen (secondary N) is 1. The first-order valence-corrected chi connectivity index (χ1v) is 11.6. The summed E-state index contributed by atoms with van der Waals surface area (Å²) in [7, 11) is 0. The number of rotatable bonds is 4. The van der Waals surface area contributed by atoms with Crippen LogP contribution in [0.2, 0.25) is 0 Å². The number of hydrogen-bond donors (Lipinski definition) is 1. The van der Waals surface area contributed by atoms with Crippen LogP contribution in [0.25, 0.3) is 0 Å². The van der Waals surface area contributed by atoms with E-state index < -0.39 is 0 Å². The van der Waals surface area contributed by atoms with E-state index in [2.05, 4.69) is 92.0 Å². The second-order valence-electron chi connectivity index (χ2n) is 9.12. The average Bonchev–Trinajstić information content (AvgIpc) is 2.85. The zero-order valence-corrected chi connectivity index (χ0v) is 19.1. The minimum Gasteiger partial charge on any atom is -0.301 e. The fourth-order valence-corrected chi connectivity index (χ4v) is 5.07. The number of aryl methyl sites for hydroxylation is 2. The van der Waals surface area contributed by atoms with Crippen LogP contribution in [0.5, 0.6) is 0 Å². The van der Waals surface area contributed by atoms with E-state index in [1.54, 1.807) is 0 Å². The number of hydrogen-bond acceptors (Lipinski definition) is 2. The average molecular weight is 432 g/mol. The van der Waals surface area contributed by atoms with Gasteiger partial charge >= 0.3 is 0 Å². The van der Waals surface area contributed by atoms with Gasteiger partial charge < -0.3 is 5.32 Å². The van der Waals surface area contributed by atoms with Crippen LogP contribution in [0.4, 0.5) is 0 Å². The molecule has 2 heteroatoms. The van der Waals surface area contributed by atoms with Crippen molar-refractivity contribution in [1.82, 2.24) is 5.32 Å². The molecule has 1 N–H and O–H groups in total. The van der Waals surface area contributed by atoms with E-state index in [4.69, 9.17) is 0 Å². The van der Waals surface area contributed by atoms with E-state index in [9.17, 15) is 4.79 Å². The van der Waals surface area contributed by atoms with Gasteiger partial charge in [-0.25, -0.2) is 0 Å². The Labute approximate surface area is 196 Å². The maximum absolute atomic E-state index is 14.4. The molecule has 1 heterocycles. The molecule has 0 aliphatic carbocycles. The van der Waals surface area contributed by atoms with E-state index in [1.807, 2.05) is 36.4 Å². The molecule has 0 spiro atoms. The molecule has 33 heavy (non-hydrogen) atoms. The highest BCUT2D eigenvalue weighted by atomic mass is 16.1. The lowest BCUT2D eigenvalue weighted by Gasteiger charge is -2.42. The molecule has 0 saturated carbocycles. The van der Waals surface area contributed by atoms with E-state index in [0.29, 0.717) is 0 Å². The smallest absolute Gasteiger partial charge is 0.151 e. The molecule has 4 atom stereocenters. The quantitative estimate of drug-likeness (QED) is 0.384. The molecule has 164 valence electrons. The molecule has 4 aromatic carbocycles. The first-order chi connectivity index (χ1) is 16.1. The topological polar surface area (TPSA) is 29.1 Å². The summed E-state index contributed by atoms with van der Waals surface area (Å²) in [6.07, 6.45) is 0. The lowest BCUT2D eigenvalue weighted by Crippen LogP contribution is -2.46. The van der Waals surface area contributed by atoms with Crippen molar-refractivity contribution in [1.29, 1.82) is 0 Å². The molecule has 1 fully saturated rings. The van der Waals surface area contributed by atoms with Crippen LogP contribution >= 0.6 is 0 Å². The maximum Gasteiger partial charge on any atom is 0.151 e. The Kier molecular flexibility index (Phi) is 5.93. The Morgan fingerprint density at radius 3 is 1.21 bits per heavy atom. The Morgan fingerprint density at radius 2 is 0.848 bits per heavy atom. The van der Waals surface area contributed by atoms with Crippen molar-refractivity contribution in [2.24, 2.45) is 0 Å². The Balaban J connectivity index is 1.67. The van der Waals surface area contributed by atoms with Gasteiger partial charge in [0.2, 0.25) is 0 Å². The number of Topliss-reactive ketones (excluding diaryl/α,β-unsaturated/α-hetero) is 1. The first kappa shape index (κ1) is 21.4. The van der Waals surface area contributed by atoms with Crippen molar-refractivity contribution < 1.29 is 4.79 Å². The summed E-state index contributed by atoms with van der Waals surface area (Å²) >= 11 is 0. The Bertz CT molecular complexity index is 1120. The first-order valence-electron chi connectivity index (χ1n) is 11.6. The van der Waals surface area contributed by atoms with Gasteiger partial charge in [-0.05, 0) is 36.1 Å². The zero-order valence-electron chi connectivity index (χ0n) is 19.1. The highest BCUT2D eigenvalue weighted by Crippen LogP contribution is 2.47. The fourth-order valence-electron chi connectivity index (χ4n) is 5.07.